The molecule has 0 saturated carbocycles. The van der Waals surface area contributed by atoms with Gasteiger partial charge in [0, 0.05) is 31.5 Å². The van der Waals surface area contributed by atoms with Crippen LogP contribution in [0.1, 0.15) is 38.1 Å². The van der Waals surface area contributed by atoms with Crippen LogP contribution in [0.5, 0.6) is 0 Å². The van der Waals surface area contributed by atoms with Gasteiger partial charge in [0.15, 0.2) is 6.10 Å². The second-order valence-electron chi connectivity index (χ2n) is 8.21. The number of benzene rings is 1. The largest absolute Gasteiger partial charge is 0.352 e. The van der Waals surface area contributed by atoms with E-state index in [0.717, 1.165) is 5.82 Å². The molecule has 9 nitrogen and oxygen atoms in total. The number of imidazole rings is 1. The van der Waals surface area contributed by atoms with Gasteiger partial charge in [-0.05, 0) is 51.0 Å². The van der Waals surface area contributed by atoms with E-state index in [1.54, 1.807) is 6.20 Å². The third-order valence-electron chi connectivity index (χ3n) is 5.73. The van der Waals surface area contributed by atoms with Crippen LogP contribution in [0.25, 0.3) is 0 Å². The van der Waals surface area contributed by atoms with Crippen LogP contribution >= 0.6 is 0 Å². The van der Waals surface area contributed by atoms with Gasteiger partial charge < -0.3 is 14.6 Å². The number of piperidine rings is 1. The fourth-order valence-electron chi connectivity index (χ4n) is 4.19. The van der Waals surface area contributed by atoms with Gasteiger partial charge in [0.1, 0.15) is 11.4 Å². The summed E-state index contributed by atoms with van der Waals surface area (Å²) in [6.07, 6.45) is 3.64. The third-order valence-corrected chi connectivity index (χ3v) is 7.64. The first kappa shape index (κ1) is 21.5. The highest BCUT2D eigenvalue weighted by Crippen LogP contribution is 2.41. The lowest BCUT2D eigenvalue weighted by Crippen LogP contribution is -2.55. The number of rotatable bonds is 4. The molecule has 1 fully saturated rings. The van der Waals surface area contributed by atoms with Gasteiger partial charge in [-0.3, -0.25) is 4.79 Å². The van der Waals surface area contributed by atoms with Crippen molar-refractivity contribution in [3.8, 4) is 6.07 Å². The number of carbonyl (C=O) groups excluding carboxylic acids is 1. The summed E-state index contributed by atoms with van der Waals surface area (Å²) >= 11 is 0. The molecule has 3 heterocycles. The second kappa shape index (κ2) is 8.07. The molecule has 1 spiro atoms. The number of nitrogens with one attached hydrogen (secondary N) is 1. The van der Waals surface area contributed by atoms with Crippen LogP contribution in [0.3, 0.4) is 0 Å². The van der Waals surface area contributed by atoms with E-state index in [-0.39, 0.29) is 29.9 Å². The van der Waals surface area contributed by atoms with E-state index in [4.69, 9.17) is 10.00 Å². The fourth-order valence-corrected chi connectivity index (χ4v) is 5.63. The quantitative estimate of drug-likeness (QED) is 0.762. The number of ether oxygens (including phenoxy) is 1. The Labute approximate surface area is 181 Å². The molecule has 2 aromatic rings. The predicted octanol–water partition coefficient (Wildman–Crippen LogP) is 1.36. The molecular formula is C21H25N5O4S. The smallest absolute Gasteiger partial charge is 0.251 e. The lowest BCUT2D eigenvalue weighted by Gasteiger charge is -2.45. The molecule has 4 rings (SSSR count). The standard InChI is InChI=1S/C21H25N5O4S/c1-15(2)24-19(27)18-14-25-12-9-23-20(25)21(30-18)7-10-26(11-8-21)31(28,29)17-5-3-16(13-22)4-6-17/h3-6,9,12,15,18H,7-8,10-11,14H2,1-2H3,(H,24,27)/t18-/m1/s1. The molecule has 1 N–H and O–H groups in total. The fraction of sp³-hybridized carbons (Fsp3) is 0.476. The minimum absolute atomic E-state index is 0.00403. The van der Waals surface area contributed by atoms with Gasteiger partial charge in [-0.1, -0.05) is 0 Å². The first-order valence-corrected chi connectivity index (χ1v) is 11.7. The van der Waals surface area contributed by atoms with Crippen LogP contribution in [-0.4, -0.2) is 53.4 Å². The second-order valence-corrected chi connectivity index (χ2v) is 10.1. The number of fused-ring (bicyclic) bond motifs is 2. The number of sulfonamides is 1. The summed E-state index contributed by atoms with van der Waals surface area (Å²) in [5.41, 5.74) is -0.401. The molecular weight excluding hydrogens is 418 g/mol. The molecule has 2 aliphatic heterocycles. The summed E-state index contributed by atoms with van der Waals surface area (Å²) < 4.78 is 35.8. The van der Waals surface area contributed by atoms with Gasteiger partial charge in [0.25, 0.3) is 5.91 Å². The molecule has 31 heavy (non-hydrogen) atoms. The number of hydrogen-bond donors (Lipinski definition) is 1. The molecule has 164 valence electrons. The van der Waals surface area contributed by atoms with Crippen molar-refractivity contribution >= 4 is 15.9 Å². The van der Waals surface area contributed by atoms with Gasteiger partial charge in [-0.25, -0.2) is 13.4 Å². The summed E-state index contributed by atoms with van der Waals surface area (Å²) in [6, 6.07) is 7.88. The SMILES string of the molecule is CC(C)NC(=O)[C@H]1Cn2ccnc2C2(CCN(S(=O)(=O)c3ccc(C#N)cc3)CC2)O1. The van der Waals surface area contributed by atoms with E-state index in [1.807, 2.05) is 30.7 Å². The highest BCUT2D eigenvalue weighted by Gasteiger charge is 2.48. The van der Waals surface area contributed by atoms with Crippen LogP contribution in [0.15, 0.2) is 41.6 Å². The highest BCUT2D eigenvalue weighted by molar-refractivity contribution is 7.89. The molecule has 1 saturated heterocycles. The third kappa shape index (κ3) is 3.96. The predicted molar refractivity (Wildman–Crippen MR) is 111 cm³/mol. The number of hydrogen-bond acceptors (Lipinski definition) is 6. The van der Waals surface area contributed by atoms with Crippen LogP contribution in [0, 0.1) is 11.3 Å². The molecule has 0 radical (unpaired) electrons. The van der Waals surface area contributed by atoms with Gasteiger partial charge in [0.2, 0.25) is 10.0 Å². The molecule has 0 bridgehead atoms. The van der Waals surface area contributed by atoms with Crippen molar-refractivity contribution in [2.75, 3.05) is 13.1 Å². The van der Waals surface area contributed by atoms with E-state index in [1.165, 1.54) is 28.6 Å². The highest BCUT2D eigenvalue weighted by atomic mass is 32.2. The lowest BCUT2D eigenvalue weighted by molar-refractivity contribution is -0.171. The number of nitrogens with zero attached hydrogens (tertiary/aromatic N) is 4. The Morgan fingerprint density at radius 2 is 1.97 bits per heavy atom. The van der Waals surface area contributed by atoms with E-state index in [0.29, 0.717) is 24.9 Å². The van der Waals surface area contributed by atoms with Gasteiger partial charge in [-0.15, -0.1) is 0 Å². The van der Waals surface area contributed by atoms with E-state index < -0.39 is 21.7 Å². The maximum atomic E-state index is 13.1. The van der Waals surface area contributed by atoms with Gasteiger partial charge in [0.05, 0.1) is 23.1 Å². The molecule has 1 atom stereocenters. The van der Waals surface area contributed by atoms with Crippen molar-refractivity contribution in [3.05, 3.63) is 48.0 Å². The van der Waals surface area contributed by atoms with Crippen molar-refractivity contribution in [1.29, 1.82) is 5.26 Å². The Morgan fingerprint density at radius 1 is 1.29 bits per heavy atom. The summed E-state index contributed by atoms with van der Waals surface area (Å²) in [4.78, 5) is 17.2. The molecule has 10 heteroatoms. The maximum absolute atomic E-state index is 13.1. The zero-order valence-electron chi connectivity index (χ0n) is 17.5. The molecule has 1 aromatic carbocycles. The summed E-state index contributed by atoms with van der Waals surface area (Å²) in [6.45, 7) is 4.65. The summed E-state index contributed by atoms with van der Waals surface area (Å²) in [5, 5.41) is 11.8. The number of aromatic nitrogens is 2. The number of carbonyl (C=O) groups is 1. The molecule has 0 aliphatic carbocycles. The van der Waals surface area contributed by atoms with Gasteiger partial charge >= 0.3 is 0 Å². The molecule has 1 aromatic heterocycles. The van der Waals surface area contributed by atoms with Crippen LogP contribution < -0.4 is 5.32 Å². The minimum atomic E-state index is -3.69. The molecule has 1 amide bonds. The average molecular weight is 444 g/mol. The average Bonchev–Trinajstić information content (AvgIpc) is 3.23. The first-order chi connectivity index (χ1) is 14.7. The van der Waals surface area contributed by atoms with E-state index in [9.17, 15) is 13.2 Å². The normalized spacial score (nSPS) is 20.9. The van der Waals surface area contributed by atoms with Crippen molar-refractivity contribution < 1.29 is 17.9 Å². The lowest BCUT2D eigenvalue weighted by atomic mass is 9.89. The van der Waals surface area contributed by atoms with Gasteiger partial charge in [-0.2, -0.15) is 9.57 Å². The Kier molecular flexibility index (Phi) is 5.60. The Morgan fingerprint density at radius 3 is 2.58 bits per heavy atom. The monoisotopic (exact) mass is 443 g/mol. The van der Waals surface area contributed by atoms with Crippen molar-refractivity contribution in [1.82, 2.24) is 19.2 Å². The summed E-state index contributed by atoms with van der Waals surface area (Å²) in [5.74, 6) is 0.554. The Hall–Kier alpha value is -2.74. The Balaban J connectivity index is 1.54. The van der Waals surface area contributed by atoms with E-state index in [2.05, 4.69) is 10.3 Å². The summed E-state index contributed by atoms with van der Waals surface area (Å²) in [7, 11) is -3.69. The first-order valence-electron chi connectivity index (χ1n) is 10.3. The number of nitriles is 1. The van der Waals surface area contributed by atoms with Crippen LogP contribution in [-0.2, 0) is 31.7 Å². The molecule has 0 unspecified atom stereocenters. The van der Waals surface area contributed by atoms with Crippen molar-refractivity contribution in [2.24, 2.45) is 0 Å². The van der Waals surface area contributed by atoms with E-state index >= 15 is 0 Å². The van der Waals surface area contributed by atoms with Crippen LogP contribution in [0.4, 0.5) is 0 Å². The Bertz CT molecular complexity index is 1110. The zero-order valence-corrected chi connectivity index (χ0v) is 18.3. The number of amides is 1. The van der Waals surface area contributed by atoms with Crippen LogP contribution in [0.2, 0.25) is 0 Å². The van der Waals surface area contributed by atoms with Crippen molar-refractivity contribution in [2.45, 2.75) is 55.9 Å². The zero-order chi connectivity index (χ0) is 22.2. The minimum Gasteiger partial charge on any atom is -0.352 e. The topological polar surface area (TPSA) is 117 Å². The van der Waals surface area contributed by atoms with Crippen molar-refractivity contribution in [3.63, 3.8) is 0 Å². The molecule has 2 aliphatic rings. The maximum Gasteiger partial charge on any atom is 0.251 e.